The predicted molar refractivity (Wildman–Crippen MR) is 90.7 cm³/mol. The second kappa shape index (κ2) is 7.67. The van der Waals surface area contributed by atoms with Gasteiger partial charge in [0.2, 0.25) is 0 Å². The summed E-state index contributed by atoms with van der Waals surface area (Å²) in [5, 5.41) is 4.90. The van der Waals surface area contributed by atoms with Crippen molar-refractivity contribution in [3.63, 3.8) is 0 Å². The minimum absolute atomic E-state index is 0.0696. The van der Waals surface area contributed by atoms with Gasteiger partial charge in [0.25, 0.3) is 5.91 Å². The Labute approximate surface area is 135 Å². The Hall–Kier alpha value is -1.04. The first-order chi connectivity index (χ1) is 9.66. The fourth-order valence-corrected chi connectivity index (χ4v) is 3.56. The Morgan fingerprint density at radius 3 is 2.80 bits per heavy atom. The van der Waals surface area contributed by atoms with Crippen LogP contribution in [0.2, 0.25) is 0 Å². The molecule has 2 nitrogen and oxygen atoms in total. The van der Waals surface area contributed by atoms with Gasteiger partial charge in [0.05, 0.1) is 5.56 Å². The van der Waals surface area contributed by atoms with Crippen LogP contribution in [0.1, 0.15) is 15.2 Å². The molecule has 0 atom stereocenters. The molecule has 0 fully saturated rings. The van der Waals surface area contributed by atoms with Gasteiger partial charge >= 0.3 is 0 Å². The van der Waals surface area contributed by atoms with Crippen LogP contribution in [0.15, 0.2) is 57.7 Å². The average molecular weight is 368 g/mol. The fourth-order valence-electron chi connectivity index (χ4n) is 1.60. The van der Waals surface area contributed by atoms with Crippen LogP contribution < -0.4 is 5.32 Å². The molecular weight excluding hydrogens is 354 g/mol. The monoisotopic (exact) mass is 367 g/mol. The molecule has 0 spiro atoms. The summed E-state index contributed by atoms with van der Waals surface area (Å²) in [6.45, 7) is 4.14. The molecule has 20 heavy (non-hydrogen) atoms. The first-order valence-corrected chi connectivity index (χ1v) is 8.68. The van der Waals surface area contributed by atoms with Crippen LogP contribution >= 0.6 is 39.0 Å². The van der Waals surface area contributed by atoms with Crippen LogP contribution in [-0.2, 0) is 5.75 Å². The lowest BCUT2D eigenvalue weighted by molar-refractivity contribution is 0.0955. The van der Waals surface area contributed by atoms with Gasteiger partial charge in [-0.2, -0.15) is 0 Å². The van der Waals surface area contributed by atoms with E-state index in [1.165, 1.54) is 4.88 Å². The summed E-state index contributed by atoms with van der Waals surface area (Å²) in [5.74, 6) is 0.813. The van der Waals surface area contributed by atoms with Crippen molar-refractivity contribution in [1.82, 2.24) is 5.32 Å². The van der Waals surface area contributed by atoms with Crippen molar-refractivity contribution in [1.29, 1.82) is 0 Å². The highest BCUT2D eigenvalue weighted by Gasteiger charge is 2.11. The fraction of sp³-hybridized carbons (Fsp3) is 0.133. The molecule has 0 bridgehead atoms. The normalized spacial score (nSPS) is 10.2. The van der Waals surface area contributed by atoms with Gasteiger partial charge in [-0.05, 0) is 23.6 Å². The molecule has 5 heteroatoms. The van der Waals surface area contributed by atoms with E-state index in [0.717, 1.165) is 15.1 Å². The summed E-state index contributed by atoms with van der Waals surface area (Å²) in [6.07, 6.45) is 0. The maximum absolute atomic E-state index is 12.1. The molecule has 1 N–H and O–H groups in total. The first kappa shape index (κ1) is 15.4. The van der Waals surface area contributed by atoms with Gasteiger partial charge in [0.1, 0.15) is 0 Å². The van der Waals surface area contributed by atoms with Crippen LogP contribution in [0.3, 0.4) is 0 Å². The molecule has 0 aliphatic rings. The molecule has 0 saturated carbocycles. The van der Waals surface area contributed by atoms with Crippen LogP contribution in [0.4, 0.5) is 0 Å². The topological polar surface area (TPSA) is 29.1 Å². The third kappa shape index (κ3) is 4.51. The zero-order valence-electron chi connectivity index (χ0n) is 10.8. The van der Waals surface area contributed by atoms with Crippen LogP contribution in [-0.4, -0.2) is 12.5 Å². The van der Waals surface area contributed by atoms with Gasteiger partial charge in [-0.15, -0.1) is 23.1 Å². The van der Waals surface area contributed by atoms with Crippen molar-refractivity contribution in [3.8, 4) is 0 Å². The summed E-state index contributed by atoms with van der Waals surface area (Å²) >= 11 is 6.65. The standard InChI is InChI=1S/C15H14BrNOS2/c1-11(16)9-17-15(18)13-6-2-3-7-14(13)20-10-12-5-4-8-19-12/h2-8H,1,9-10H2,(H,17,18). The van der Waals surface area contributed by atoms with E-state index < -0.39 is 0 Å². The van der Waals surface area contributed by atoms with E-state index in [0.29, 0.717) is 12.1 Å². The van der Waals surface area contributed by atoms with Crippen LogP contribution in [0.5, 0.6) is 0 Å². The van der Waals surface area contributed by atoms with Gasteiger partial charge in [-0.3, -0.25) is 4.79 Å². The van der Waals surface area contributed by atoms with Crippen molar-refractivity contribution < 1.29 is 4.79 Å². The van der Waals surface area contributed by atoms with E-state index >= 15 is 0 Å². The molecule has 1 heterocycles. The van der Waals surface area contributed by atoms with Gasteiger partial charge in [-0.1, -0.05) is 40.7 Å². The molecule has 0 aliphatic heterocycles. The number of thioether (sulfide) groups is 1. The van der Waals surface area contributed by atoms with Crippen molar-refractivity contribution in [2.75, 3.05) is 6.54 Å². The zero-order valence-corrected chi connectivity index (χ0v) is 14.0. The number of halogens is 1. The molecular formula is C15H14BrNOS2. The minimum atomic E-state index is -0.0696. The summed E-state index contributed by atoms with van der Waals surface area (Å²) in [4.78, 5) is 14.5. The van der Waals surface area contributed by atoms with Crippen LogP contribution in [0.25, 0.3) is 0 Å². The highest BCUT2D eigenvalue weighted by Crippen LogP contribution is 2.27. The van der Waals surface area contributed by atoms with Crippen molar-refractivity contribution in [2.24, 2.45) is 0 Å². The number of hydrogen-bond acceptors (Lipinski definition) is 3. The summed E-state index contributed by atoms with van der Waals surface area (Å²) in [5.41, 5.74) is 0.711. The number of carbonyl (C=O) groups excluding carboxylic acids is 1. The Morgan fingerprint density at radius 1 is 1.30 bits per heavy atom. The van der Waals surface area contributed by atoms with Crippen molar-refractivity contribution in [2.45, 2.75) is 10.6 Å². The molecule has 0 unspecified atom stereocenters. The Morgan fingerprint density at radius 2 is 2.10 bits per heavy atom. The highest BCUT2D eigenvalue weighted by atomic mass is 79.9. The molecule has 2 aromatic rings. The van der Waals surface area contributed by atoms with Crippen molar-refractivity contribution in [3.05, 3.63) is 63.3 Å². The zero-order chi connectivity index (χ0) is 14.4. The third-order valence-electron chi connectivity index (χ3n) is 2.52. The quantitative estimate of drug-likeness (QED) is 0.751. The lowest BCUT2D eigenvalue weighted by Gasteiger charge is -2.09. The SMILES string of the molecule is C=C(Br)CNC(=O)c1ccccc1SCc1cccs1. The first-order valence-electron chi connectivity index (χ1n) is 6.02. The highest BCUT2D eigenvalue weighted by molar-refractivity contribution is 9.11. The number of thiophene rings is 1. The Balaban J connectivity index is 2.05. The molecule has 2 rings (SSSR count). The maximum atomic E-state index is 12.1. The molecule has 1 aromatic carbocycles. The van der Waals surface area contributed by atoms with Crippen LogP contribution in [0, 0.1) is 0 Å². The predicted octanol–water partition coefficient (Wildman–Crippen LogP) is 4.68. The van der Waals surface area contributed by atoms with E-state index in [1.807, 2.05) is 30.3 Å². The summed E-state index contributed by atoms with van der Waals surface area (Å²) < 4.78 is 0.759. The lowest BCUT2D eigenvalue weighted by atomic mass is 10.2. The van der Waals surface area contributed by atoms with Crippen molar-refractivity contribution >= 4 is 44.9 Å². The second-order valence-corrected chi connectivity index (χ2v) is 7.24. The summed E-state index contributed by atoms with van der Waals surface area (Å²) in [7, 11) is 0. The average Bonchev–Trinajstić information content (AvgIpc) is 2.96. The van der Waals surface area contributed by atoms with E-state index in [9.17, 15) is 4.79 Å². The lowest BCUT2D eigenvalue weighted by Crippen LogP contribution is -2.24. The second-order valence-electron chi connectivity index (χ2n) is 4.06. The van der Waals surface area contributed by atoms with E-state index in [2.05, 4.69) is 39.3 Å². The van der Waals surface area contributed by atoms with Gasteiger partial charge in [-0.25, -0.2) is 0 Å². The molecule has 1 aromatic heterocycles. The molecule has 0 aliphatic carbocycles. The van der Waals surface area contributed by atoms with Gasteiger partial charge in [0.15, 0.2) is 0 Å². The molecule has 0 radical (unpaired) electrons. The summed E-state index contributed by atoms with van der Waals surface area (Å²) in [6, 6.07) is 11.8. The van der Waals surface area contributed by atoms with E-state index in [4.69, 9.17) is 0 Å². The Kier molecular flexibility index (Phi) is 5.88. The minimum Gasteiger partial charge on any atom is -0.347 e. The largest absolute Gasteiger partial charge is 0.347 e. The number of nitrogens with one attached hydrogen (secondary N) is 1. The van der Waals surface area contributed by atoms with E-state index in [-0.39, 0.29) is 5.91 Å². The number of carbonyl (C=O) groups is 1. The number of amides is 1. The Bertz CT molecular complexity index is 596. The number of hydrogen-bond donors (Lipinski definition) is 1. The van der Waals surface area contributed by atoms with Gasteiger partial charge < -0.3 is 5.32 Å². The molecule has 104 valence electrons. The number of rotatable bonds is 6. The van der Waals surface area contributed by atoms with E-state index in [1.54, 1.807) is 23.1 Å². The number of benzene rings is 1. The third-order valence-corrected chi connectivity index (χ3v) is 4.98. The molecule has 1 amide bonds. The molecule has 0 saturated heterocycles. The smallest absolute Gasteiger partial charge is 0.252 e. The maximum Gasteiger partial charge on any atom is 0.252 e. The van der Waals surface area contributed by atoms with Gasteiger partial charge in [0, 0.05) is 26.6 Å².